The topological polar surface area (TPSA) is 55.5 Å². The van der Waals surface area contributed by atoms with E-state index >= 15 is 0 Å². The van der Waals surface area contributed by atoms with Crippen LogP contribution in [0.4, 0.5) is 0 Å². The van der Waals surface area contributed by atoms with Crippen molar-refractivity contribution in [1.29, 1.82) is 0 Å². The van der Waals surface area contributed by atoms with Crippen LogP contribution in [0, 0.1) is 0 Å². The third-order valence-electron chi connectivity index (χ3n) is 1.97. The molecule has 3 N–H and O–H groups in total. The minimum Gasteiger partial charge on any atom is -0.497 e. The Morgan fingerprint density at radius 3 is 2.73 bits per heavy atom. The largest absolute Gasteiger partial charge is 0.497 e. The normalized spacial score (nSPS) is 11.7. The van der Waals surface area contributed by atoms with Crippen LogP contribution in [0.15, 0.2) is 18.2 Å². The van der Waals surface area contributed by atoms with E-state index in [0.29, 0.717) is 11.4 Å². The lowest BCUT2D eigenvalue weighted by atomic mass is 10.1. The van der Waals surface area contributed by atoms with Gasteiger partial charge >= 0.3 is 0 Å². The molecule has 0 heterocycles. The lowest BCUT2D eigenvalue weighted by molar-refractivity contribution is 0.265. The highest BCUT2D eigenvalue weighted by atomic mass is 35.5. The number of methoxy groups -OCH3 is 1. The number of ether oxygens (including phenoxy) is 1. The van der Waals surface area contributed by atoms with Crippen molar-refractivity contribution in [1.82, 2.24) is 0 Å². The molecule has 1 unspecified atom stereocenters. The summed E-state index contributed by atoms with van der Waals surface area (Å²) in [6, 6.07) is 5.10. The van der Waals surface area contributed by atoms with E-state index < -0.39 is 0 Å². The van der Waals surface area contributed by atoms with Gasteiger partial charge in [0.1, 0.15) is 5.75 Å². The van der Waals surface area contributed by atoms with Gasteiger partial charge in [-0.05, 0) is 30.2 Å². The Hall–Kier alpha value is -0.480. The van der Waals surface area contributed by atoms with Crippen LogP contribution < -0.4 is 10.5 Å². The SMILES string of the molecule is COc1ccc(Cl)c(CC(N)CO)c1.Cl. The maximum atomic E-state index is 8.81. The van der Waals surface area contributed by atoms with Gasteiger partial charge in [-0.1, -0.05) is 11.6 Å². The number of rotatable bonds is 4. The average molecular weight is 252 g/mol. The molecule has 1 rings (SSSR count). The predicted molar refractivity (Wildman–Crippen MR) is 64.0 cm³/mol. The molecule has 15 heavy (non-hydrogen) atoms. The Bertz CT molecular complexity index is 307. The highest BCUT2D eigenvalue weighted by Gasteiger charge is 2.07. The smallest absolute Gasteiger partial charge is 0.119 e. The summed E-state index contributed by atoms with van der Waals surface area (Å²) in [7, 11) is 1.60. The molecule has 0 radical (unpaired) electrons. The summed E-state index contributed by atoms with van der Waals surface area (Å²) < 4.78 is 5.06. The highest BCUT2D eigenvalue weighted by Crippen LogP contribution is 2.22. The van der Waals surface area contributed by atoms with Gasteiger partial charge in [0.05, 0.1) is 13.7 Å². The Kier molecular flexibility index (Phi) is 6.68. The summed E-state index contributed by atoms with van der Waals surface area (Å²) in [6.45, 7) is -0.0481. The molecule has 86 valence electrons. The summed E-state index contributed by atoms with van der Waals surface area (Å²) in [4.78, 5) is 0. The predicted octanol–water partition coefficient (Wildman–Crippen LogP) is 1.63. The fraction of sp³-hybridized carbons (Fsp3) is 0.400. The minimum atomic E-state index is -0.278. The van der Waals surface area contributed by atoms with Crippen molar-refractivity contribution < 1.29 is 9.84 Å². The molecule has 0 aromatic heterocycles. The second kappa shape index (κ2) is 6.90. The molecule has 1 aromatic rings. The van der Waals surface area contributed by atoms with Crippen LogP contribution in [0.1, 0.15) is 5.56 Å². The number of aliphatic hydroxyl groups excluding tert-OH is 1. The van der Waals surface area contributed by atoms with Crippen LogP contribution in [-0.4, -0.2) is 24.9 Å². The van der Waals surface area contributed by atoms with E-state index in [1.807, 2.05) is 6.07 Å². The Balaban J connectivity index is 0.00000196. The van der Waals surface area contributed by atoms with Gasteiger partial charge < -0.3 is 15.6 Å². The van der Waals surface area contributed by atoms with Crippen LogP contribution >= 0.6 is 24.0 Å². The lowest BCUT2D eigenvalue weighted by Crippen LogP contribution is -2.26. The number of hydrogen-bond acceptors (Lipinski definition) is 3. The van der Waals surface area contributed by atoms with E-state index in [2.05, 4.69) is 0 Å². The van der Waals surface area contributed by atoms with Crippen molar-refractivity contribution in [3.05, 3.63) is 28.8 Å². The summed E-state index contributed by atoms with van der Waals surface area (Å²) in [5.74, 6) is 0.745. The van der Waals surface area contributed by atoms with Gasteiger partial charge in [0.25, 0.3) is 0 Å². The number of halogens is 2. The molecule has 0 aliphatic heterocycles. The molecule has 0 bridgehead atoms. The van der Waals surface area contributed by atoms with Gasteiger partial charge in [0.2, 0.25) is 0 Å². The van der Waals surface area contributed by atoms with E-state index in [9.17, 15) is 0 Å². The molecule has 0 aliphatic carbocycles. The second-order valence-corrected chi connectivity index (χ2v) is 3.51. The van der Waals surface area contributed by atoms with Crippen molar-refractivity contribution >= 4 is 24.0 Å². The number of nitrogens with two attached hydrogens (primary N) is 1. The van der Waals surface area contributed by atoms with Crippen molar-refractivity contribution in [2.24, 2.45) is 5.73 Å². The van der Waals surface area contributed by atoms with Crippen LogP contribution in [-0.2, 0) is 6.42 Å². The van der Waals surface area contributed by atoms with Crippen LogP contribution in [0.3, 0.4) is 0 Å². The standard InChI is InChI=1S/C10H14ClNO2.ClH/c1-14-9-2-3-10(11)7(5-9)4-8(12)6-13;/h2-3,5,8,13H,4,6,12H2,1H3;1H. The molecule has 0 saturated carbocycles. The summed E-state index contributed by atoms with van der Waals surface area (Å²) in [5, 5.41) is 9.46. The number of benzene rings is 1. The highest BCUT2D eigenvalue weighted by molar-refractivity contribution is 6.31. The van der Waals surface area contributed by atoms with Crippen molar-refractivity contribution in [2.45, 2.75) is 12.5 Å². The molecule has 0 spiro atoms. The zero-order chi connectivity index (χ0) is 10.6. The lowest BCUT2D eigenvalue weighted by Gasteiger charge is -2.10. The summed E-state index contributed by atoms with van der Waals surface area (Å²) >= 11 is 5.96. The maximum absolute atomic E-state index is 8.81. The zero-order valence-electron chi connectivity index (χ0n) is 8.44. The first-order chi connectivity index (χ1) is 6.67. The van der Waals surface area contributed by atoms with E-state index in [0.717, 1.165) is 11.3 Å². The third kappa shape index (κ3) is 4.26. The average Bonchev–Trinajstić information content (AvgIpc) is 2.21. The first kappa shape index (κ1) is 14.5. The summed E-state index contributed by atoms with van der Waals surface area (Å²) in [6.07, 6.45) is 0.548. The molecule has 0 aliphatic rings. The zero-order valence-corrected chi connectivity index (χ0v) is 10.0. The molecule has 1 atom stereocenters. The van der Waals surface area contributed by atoms with Gasteiger partial charge in [-0.25, -0.2) is 0 Å². The molecule has 3 nitrogen and oxygen atoms in total. The Labute approximate surface area is 101 Å². The Morgan fingerprint density at radius 1 is 1.53 bits per heavy atom. The summed E-state index contributed by atoms with van der Waals surface area (Å²) in [5.41, 5.74) is 6.51. The maximum Gasteiger partial charge on any atom is 0.119 e. The molecule has 0 fully saturated rings. The van der Waals surface area contributed by atoms with Gasteiger partial charge in [0, 0.05) is 11.1 Å². The quantitative estimate of drug-likeness (QED) is 0.856. The van der Waals surface area contributed by atoms with E-state index in [4.69, 9.17) is 27.2 Å². The van der Waals surface area contributed by atoms with E-state index in [1.165, 1.54) is 0 Å². The Morgan fingerprint density at radius 2 is 2.20 bits per heavy atom. The van der Waals surface area contributed by atoms with E-state index in [1.54, 1.807) is 19.2 Å². The first-order valence-electron chi connectivity index (χ1n) is 4.36. The molecule has 5 heteroatoms. The van der Waals surface area contributed by atoms with Crippen LogP contribution in [0.2, 0.25) is 5.02 Å². The fourth-order valence-corrected chi connectivity index (χ4v) is 1.38. The third-order valence-corrected chi connectivity index (χ3v) is 2.34. The molecule has 1 aromatic carbocycles. The number of aliphatic hydroxyl groups is 1. The van der Waals surface area contributed by atoms with Gasteiger partial charge in [-0.15, -0.1) is 12.4 Å². The van der Waals surface area contributed by atoms with Gasteiger partial charge in [-0.3, -0.25) is 0 Å². The second-order valence-electron chi connectivity index (χ2n) is 3.10. The first-order valence-corrected chi connectivity index (χ1v) is 4.74. The molecule has 0 amide bonds. The van der Waals surface area contributed by atoms with Crippen LogP contribution in [0.5, 0.6) is 5.75 Å². The van der Waals surface area contributed by atoms with Gasteiger partial charge in [-0.2, -0.15) is 0 Å². The van der Waals surface area contributed by atoms with Crippen molar-refractivity contribution in [3.63, 3.8) is 0 Å². The molecular formula is C10H15Cl2NO2. The van der Waals surface area contributed by atoms with Crippen LogP contribution in [0.25, 0.3) is 0 Å². The van der Waals surface area contributed by atoms with Crippen molar-refractivity contribution in [2.75, 3.05) is 13.7 Å². The molecular weight excluding hydrogens is 237 g/mol. The van der Waals surface area contributed by atoms with Crippen molar-refractivity contribution in [3.8, 4) is 5.75 Å². The number of hydrogen-bond donors (Lipinski definition) is 2. The van der Waals surface area contributed by atoms with E-state index in [-0.39, 0.29) is 25.1 Å². The van der Waals surface area contributed by atoms with Gasteiger partial charge in [0.15, 0.2) is 0 Å². The minimum absolute atomic E-state index is 0. The monoisotopic (exact) mass is 251 g/mol. The molecule has 0 saturated heterocycles. The fourth-order valence-electron chi connectivity index (χ4n) is 1.18.